The molecule has 1 amide bonds. The van der Waals surface area contributed by atoms with Crippen molar-refractivity contribution in [2.45, 2.75) is 14.9 Å². The standard InChI is InChI=1S/C19H19N3O3S3/c1-22(28(24,25)19-5-3-11-26-19)13-18(23)21-16-6-8-17(9-7-16)27-14-15-4-2-10-20-12-15/h2-12H,13-14H2,1H3,(H,21,23). The summed E-state index contributed by atoms with van der Waals surface area (Å²) in [5.41, 5.74) is 1.76. The van der Waals surface area contributed by atoms with E-state index in [9.17, 15) is 13.2 Å². The molecule has 3 rings (SSSR count). The number of thiophene rings is 1. The molecule has 28 heavy (non-hydrogen) atoms. The molecule has 146 valence electrons. The summed E-state index contributed by atoms with van der Waals surface area (Å²) < 4.78 is 26.0. The highest BCUT2D eigenvalue weighted by Crippen LogP contribution is 2.24. The first-order valence-corrected chi connectivity index (χ1v) is 11.7. The first kappa shape index (κ1) is 20.5. The summed E-state index contributed by atoms with van der Waals surface area (Å²) in [6.45, 7) is -0.252. The number of benzene rings is 1. The molecule has 2 aromatic heterocycles. The van der Waals surface area contributed by atoms with Crippen molar-refractivity contribution in [1.82, 2.24) is 9.29 Å². The van der Waals surface area contributed by atoms with Crippen LogP contribution in [0.2, 0.25) is 0 Å². The molecule has 0 saturated carbocycles. The van der Waals surface area contributed by atoms with Crippen LogP contribution in [-0.4, -0.2) is 37.2 Å². The molecule has 1 aromatic carbocycles. The molecule has 0 radical (unpaired) electrons. The number of amides is 1. The maximum Gasteiger partial charge on any atom is 0.252 e. The lowest BCUT2D eigenvalue weighted by molar-refractivity contribution is -0.116. The van der Waals surface area contributed by atoms with Gasteiger partial charge in [0.1, 0.15) is 4.21 Å². The summed E-state index contributed by atoms with van der Waals surface area (Å²) in [6.07, 6.45) is 3.58. The predicted octanol–water partition coefficient (Wildman–Crippen LogP) is 3.69. The lowest BCUT2D eigenvalue weighted by Gasteiger charge is -2.15. The fourth-order valence-electron chi connectivity index (χ4n) is 2.34. The Morgan fingerprint density at radius 1 is 1.18 bits per heavy atom. The van der Waals surface area contributed by atoms with E-state index in [1.54, 1.807) is 41.5 Å². The first-order valence-electron chi connectivity index (χ1n) is 8.36. The van der Waals surface area contributed by atoms with Crippen molar-refractivity contribution in [2.24, 2.45) is 0 Å². The Kier molecular flexibility index (Phi) is 6.84. The molecule has 0 unspecified atom stereocenters. The van der Waals surface area contributed by atoms with Crippen molar-refractivity contribution >= 4 is 44.7 Å². The monoisotopic (exact) mass is 433 g/mol. The second-order valence-electron chi connectivity index (χ2n) is 5.92. The van der Waals surface area contributed by atoms with E-state index < -0.39 is 15.9 Å². The number of nitrogens with one attached hydrogen (secondary N) is 1. The number of pyridine rings is 1. The molecule has 3 aromatic rings. The average Bonchev–Trinajstić information content (AvgIpc) is 3.24. The third-order valence-electron chi connectivity index (χ3n) is 3.79. The van der Waals surface area contributed by atoms with Gasteiger partial charge in [0.25, 0.3) is 10.0 Å². The lowest BCUT2D eigenvalue weighted by Crippen LogP contribution is -2.34. The topological polar surface area (TPSA) is 79.4 Å². The summed E-state index contributed by atoms with van der Waals surface area (Å²) in [5, 5.41) is 4.42. The van der Waals surface area contributed by atoms with Crippen molar-refractivity contribution in [3.05, 3.63) is 71.9 Å². The van der Waals surface area contributed by atoms with Gasteiger partial charge < -0.3 is 5.32 Å². The Morgan fingerprint density at radius 2 is 1.96 bits per heavy atom. The molecule has 0 atom stereocenters. The molecule has 0 aliphatic rings. The maximum absolute atomic E-state index is 12.4. The Bertz CT molecular complexity index is 1010. The highest BCUT2D eigenvalue weighted by atomic mass is 32.2. The number of carbonyl (C=O) groups is 1. The normalized spacial score (nSPS) is 11.5. The number of carbonyl (C=O) groups excluding carboxylic acids is 1. The van der Waals surface area contributed by atoms with E-state index in [-0.39, 0.29) is 10.8 Å². The van der Waals surface area contributed by atoms with Crippen LogP contribution in [0, 0.1) is 0 Å². The fourth-order valence-corrected chi connectivity index (χ4v) is 5.50. The minimum absolute atomic E-state index is 0.220. The summed E-state index contributed by atoms with van der Waals surface area (Å²) in [5.74, 6) is 0.420. The fraction of sp³-hybridized carbons (Fsp3) is 0.158. The zero-order valence-electron chi connectivity index (χ0n) is 15.1. The molecule has 6 nitrogen and oxygen atoms in total. The molecule has 0 bridgehead atoms. The third-order valence-corrected chi connectivity index (χ3v) is 8.05. The maximum atomic E-state index is 12.4. The van der Waals surface area contributed by atoms with Gasteiger partial charge >= 0.3 is 0 Å². The zero-order valence-corrected chi connectivity index (χ0v) is 17.6. The summed E-state index contributed by atoms with van der Waals surface area (Å²) in [6, 6.07) is 14.6. The van der Waals surface area contributed by atoms with Gasteiger partial charge in [0, 0.05) is 35.8 Å². The largest absolute Gasteiger partial charge is 0.325 e. The summed E-state index contributed by atoms with van der Waals surface area (Å²) >= 11 is 2.80. The van der Waals surface area contributed by atoms with Crippen LogP contribution in [0.1, 0.15) is 5.56 Å². The van der Waals surface area contributed by atoms with Crippen molar-refractivity contribution < 1.29 is 13.2 Å². The van der Waals surface area contributed by atoms with E-state index in [4.69, 9.17) is 0 Å². The molecular weight excluding hydrogens is 414 g/mol. The SMILES string of the molecule is CN(CC(=O)Nc1ccc(SCc2cccnc2)cc1)S(=O)(=O)c1cccs1. The lowest BCUT2D eigenvalue weighted by atomic mass is 10.3. The smallest absolute Gasteiger partial charge is 0.252 e. The highest BCUT2D eigenvalue weighted by molar-refractivity contribution is 7.98. The van der Waals surface area contributed by atoms with Crippen molar-refractivity contribution in [1.29, 1.82) is 0 Å². The third kappa shape index (κ3) is 5.41. The number of hydrogen-bond acceptors (Lipinski definition) is 6. The molecule has 0 spiro atoms. The average molecular weight is 434 g/mol. The van der Waals surface area contributed by atoms with E-state index in [0.717, 1.165) is 31.9 Å². The van der Waals surface area contributed by atoms with Crippen LogP contribution in [0.5, 0.6) is 0 Å². The molecule has 9 heteroatoms. The number of thioether (sulfide) groups is 1. The Labute approximate surface area is 172 Å². The minimum Gasteiger partial charge on any atom is -0.325 e. The van der Waals surface area contributed by atoms with Crippen LogP contribution >= 0.6 is 23.1 Å². The summed E-state index contributed by atoms with van der Waals surface area (Å²) in [4.78, 5) is 17.4. The van der Waals surface area contributed by atoms with Crippen LogP contribution in [0.25, 0.3) is 0 Å². The Morgan fingerprint density at radius 3 is 2.61 bits per heavy atom. The van der Waals surface area contributed by atoms with E-state index in [2.05, 4.69) is 10.3 Å². The van der Waals surface area contributed by atoms with Crippen LogP contribution < -0.4 is 5.32 Å². The number of likely N-dealkylation sites (N-methyl/N-ethyl adjacent to an activating group) is 1. The number of sulfonamides is 1. The van der Waals surface area contributed by atoms with Crippen LogP contribution in [-0.2, 0) is 20.6 Å². The van der Waals surface area contributed by atoms with Gasteiger partial charge in [-0.15, -0.1) is 23.1 Å². The van der Waals surface area contributed by atoms with Gasteiger partial charge in [0.2, 0.25) is 5.91 Å². The van der Waals surface area contributed by atoms with E-state index in [1.165, 1.54) is 13.1 Å². The van der Waals surface area contributed by atoms with Gasteiger partial charge in [-0.05, 0) is 47.3 Å². The van der Waals surface area contributed by atoms with E-state index in [0.29, 0.717) is 5.69 Å². The van der Waals surface area contributed by atoms with Crippen molar-refractivity contribution in [2.75, 3.05) is 18.9 Å². The number of nitrogens with zero attached hydrogens (tertiary/aromatic N) is 2. The van der Waals surface area contributed by atoms with Crippen LogP contribution in [0.15, 0.2) is 75.4 Å². The van der Waals surface area contributed by atoms with Gasteiger partial charge in [0.05, 0.1) is 6.54 Å². The Hall–Kier alpha value is -2.20. The molecule has 0 fully saturated rings. The molecule has 0 aliphatic heterocycles. The Balaban J connectivity index is 1.53. The highest BCUT2D eigenvalue weighted by Gasteiger charge is 2.23. The molecule has 1 N–H and O–H groups in total. The minimum atomic E-state index is -3.64. The van der Waals surface area contributed by atoms with E-state index >= 15 is 0 Å². The predicted molar refractivity (Wildman–Crippen MR) is 113 cm³/mol. The van der Waals surface area contributed by atoms with Gasteiger partial charge in [-0.3, -0.25) is 9.78 Å². The number of anilines is 1. The summed E-state index contributed by atoms with van der Waals surface area (Å²) in [7, 11) is -2.25. The zero-order chi connectivity index (χ0) is 20.0. The van der Waals surface area contributed by atoms with Crippen molar-refractivity contribution in [3.8, 4) is 0 Å². The molecule has 0 aliphatic carbocycles. The van der Waals surface area contributed by atoms with Gasteiger partial charge in [-0.1, -0.05) is 12.1 Å². The van der Waals surface area contributed by atoms with Gasteiger partial charge in [-0.25, -0.2) is 8.42 Å². The number of rotatable bonds is 8. The number of hydrogen-bond donors (Lipinski definition) is 1. The van der Waals surface area contributed by atoms with Crippen LogP contribution in [0.4, 0.5) is 5.69 Å². The number of aromatic nitrogens is 1. The molecular formula is C19H19N3O3S3. The second-order valence-corrected chi connectivity index (χ2v) is 10.2. The molecule has 0 saturated heterocycles. The van der Waals surface area contributed by atoms with Gasteiger partial charge in [0.15, 0.2) is 0 Å². The first-order chi connectivity index (χ1) is 13.4. The van der Waals surface area contributed by atoms with E-state index in [1.807, 2.05) is 30.5 Å². The van der Waals surface area contributed by atoms with Crippen molar-refractivity contribution in [3.63, 3.8) is 0 Å². The van der Waals surface area contributed by atoms with Crippen LogP contribution in [0.3, 0.4) is 0 Å². The van der Waals surface area contributed by atoms with Gasteiger partial charge in [-0.2, -0.15) is 4.31 Å². The second kappa shape index (κ2) is 9.33. The quantitative estimate of drug-likeness (QED) is 0.548. The molecule has 2 heterocycles.